The van der Waals surface area contributed by atoms with Gasteiger partial charge in [0.15, 0.2) is 0 Å². The SMILES string of the molecule is CC(C)NCc1cc(S(=O)(=O)NCCCC2CC2)cs1. The van der Waals surface area contributed by atoms with E-state index >= 15 is 0 Å². The molecule has 1 fully saturated rings. The smallest absolute Gasteiger partial charge is 0.241 e. The van der Waals surface area contributed by atoms with Crippen molar-refractivity contribution in [1.29, 1.82) is 0 Å². The summed E-state index contributed by atoms with van der Waals surface area (Å²) in [5.41, 5.74) is 0. The summed E-state index contributed by atoms with van der Waals surface area (Å²) in [4.78, 5) is 1.45. The lowest BCUT2D eigenvalue weighted by atomic mass is 10.2. The van der Waals surface area contributed by atoms with Crippen LogP contribution in [0.1, 0.15) is 44.4 Å². The van der Waals surface area contributed by atoms with Crippen molar-refractivity contribution in [2.45, 2.75) is 57.0 Å². The summed E-state index contributed by atoms with van der Waals surface area (Å²) in [5, 5.41) is 5.02. The normalized spacial score (nSPS) is 15.9. The third kappa shape index (κ3) is 5.16. The number of rotatable bonds is 9. The van der Waals surface area contributed by atoms with Crippen molar-refractivity contribution in [3.63, 3.8) is 0 Å². The van der Waals surface area contributed by atoms with Gasteiger partial charge in [-0.05, 0) is 24.8 Å². The molecule has 0 aliphatic heterocycles. The largest absolute Gasteiger partial charge is 0.310 e. The van der Waals surface area contributed by atoms with Gasteiger partial charge in [-0.15, -0.1) is 11.3 Å². The van der Waals surface area contributed by atoms with E-state index < -0.39 is 10.0 Å². The lowest BCUT2D eigenvalue weighted by molar-refractivity contribution is 0.572. The van der Waals surface area contributed by atoms with Crippen LogP contribution in [0.3, 0.4) is 0 Å². The minimum atomic E-state index is -3.32. The molecule has 0 spiro atoms. The van der Waals surface area contributed by atoms with E-state index in [1.165, 1.54) is 24.2 Å². The number of hydrogen-bond acceptors (Lipinski definition) is 4. The van der Waals surface area contributed by atoms with E-state index in [2.05, 4.69) is 23.9 Å². The van der Waals surface area contributed by atoms with E-state index in [4.69, 9.17) is 0 Å². The van der Waals surface area contributed by atoms with Gasteiger partial charge in [-0.1, -0.05) is 26.7 Å². The first-order valence-corrected chi connectivity index (χ1v) is 9.64. The number of sulfonamides is 1. The Balaban J connectivity index is 1.81. The number of nitrogens with one attached hydrogen (secondary N) is 2. The van der Waals surface area contributed by atoms with Gasteiger partial charge in [0, 0.05) is 29.4 Å². The Kier molecular flexibility index (Phi) is 5.60. The lowest BCUT2D eigenvalue weighted by Crippen LogP contribution is -2.24. The molecule has 0 saturated heterocycles. The van der Waals surface area contributed by atoms with Crippen LogP contribution >= 0.6 is 11.3 Å². The summed E-state index contributed by atoms with van der Waals surface area (Å²) in [6, 6.07) is 2.17. The number of hydrogen-bond donors (Lipinski definition) is 2. The average Bonchev–Trinajstić information content (AvgIpc) is 3.07. The van der Waals surface area contributed by atoms with E-state index in [-0.39, 0.29) is 0 Å². The van der Waals surface area contributed by atoms with Gasteiger partial charge in [0.2, 0.25) is 10.0 Å². The molecule has 1 aromatic heterocycles. The van der Waals surface area contributed by atoms with E-state index in [0.717, 1.165) is 30.2 Å². The van der Waals surface area contributed by atoms with Gasteiger partial charge < -0.3 is 5.32 Å². The fourth-order valence-corrected chi connectivity index (χ4v) is 4.29. The van der Waals surface area contributed by atoms with Crippen LogP contribution in [-0.4, -0.2) is 21.0 Å². The Morgan fingerprint density at radius 2 is 2.15 bits per heavy atom. The molecule has 1 saturated carbocycles. The van der Waals surface area contributed by atoms with Crippen LogP contribution in [-0.2, 0) is 16.6 Å². The van der Waals surface area contributed by atoms with Gasteiger partial charge in [0.25, 0.3) is 0 Å². The third-order valence-electron chi connectivity index (χ3n) is 3.40. The van der Waals surface area contributed by atoms with Gasteiger partial charge >= 0.3 is 0 Å². The Labute approximate surface area is 126 Å². The van der Waals surface area contributed by atoms with Gasteiger partial charge in [-0.3, -0.25) is 0 Å². The fourth-order valence-electron chi connectivity index (χ4n) is 1.99. The lowest BCUT2D eigenvalue weighted by Gasteiger charge is -2.06. The van der Waals surface area contributed by atoms with E-state index in [1.54, 1.807) is 11.4 Å². The zero-order chi connectivity index (χ0) is 14.6. The van der Waals surface area contributed by atoms with Crippen molar-refractivity contribution < 1.29 is 8.42 Å². The minimum absolute atomic E-state index is 0.398. The molecule has 1 heterocycles. The monoisotopic (exact) mass is 316 g/mol. The van der Waals surface area contributed by atoms with Crippen molar-refractivity contribution in [3.05, 3.63) is 16.3 Å². The first-order valence-electron chi connectivity index (χ1n) is 7.28. The third-order valence-corrected chi connectivity index (χ3v) is 5.93. The molecular formula is C14H24N2O2S2. The maximum atomic E-state index is 12.1. The Morgan fingerprint density at radius 1 is 1.40 bits per heavy atom. The summed E-state index contributed by atoms with van der Waals surface area (Å²) in [7, 11) is -3.32. The van der Waals surface area contributed by atoms with Gasteiger partial charge in [-0.2, -0.15) is 0 Å². The second-order valence-electron chi connectivity index (χ2n) is 5.77. The van der Waals surface area contributed by atoms with Crippen molar-refractivity contribution in [2.75, 3.05) is 6.54 Å². The van der Waals surface area contributed by atoms with Crippen LogP contribution in [0.25, 0.3) is 0 Å². The molecule has 1 aliphatic rings. The zero-order valence-corrected chi connectivity index (χ0v) is 13.8. The summed E-state index contributed by atoms with van der Waals surface area (Å²) < 4.78 is 26.9. The molecule has 0 radical (unpaired) electrons. The molecule has 2 rings (SSSR count). The first kappa shape index (κ1) is 15.9. The summed E-state index contributed by atoms with van der Waals surface area (Å²) in [6.07, 6.45) is 4.73. The maximum Gasteiger partial charge on any atom is 0.241 e. The molecule has 20 heavy (non-hydrogen) atoms. The van der Waals surface area contributed by atoms with Crippen molar-refractivity contribution in [1.82, 2.24) is 10.0 Å². The van der Waals surface area contributed by atoms with Crippen LogP contribution in [0.4, 0.5) is 0 Å². The topological polar surface area (TPSA) is 58.2 Å². The van der Waals surface area contributed by atoms with E-state index in [0.29, 0.717) is 17.5 Å². The molecule has 0 aromatic carbocycles. The first-order chi connectivity index (χ1) is 9.47. The minimum Gasteiger partial charge on any atom is -0.310 e. The standard InChI is InChI=1S/C14H24N2O2S2/c1-11(2)15-9-13-8-14(10-19-13)20(17,18)16-7-3-4-12-5-6-12/h8,10-12,15-16H,3-7,9H2,1-2H3. The highest BCUT2D eigenvalue weighted by Crippen LogP contribution is 2.33. The van der Waals surface area contributed by atoms with Gasteiger partial charge in [0.1, 0.15) is 0 Å². The van der Waals surface area contributed by atoms with Crippen LogP contribution < -0.4 is 10.0 Å². The molecule has 0 atom stereocenters. The summed E-state index contributed by atoms with van der Waals surface area (Å²) in [6.45, 7) is 5.42. The summed E-state index contributed by atoms with van der Waals surface area (Å²) >= 11 is 1.49. The van der Waals surface area contributed by atoms with Gasteiger partial charge in [-0.25, -0.2) is 13.1 Å². The van der Waals surface area contributed by atoms with Crippen LogP contribution in [0.2, 0.25) is 0 Å². The fraction of sp³-hybridized carbons (Fsp3) is 0.714. The zero-order valence-electron chi connectivity index (χ0n) is 12.2. The molecule has 1 aliphatic carbocycles. The quantitative estimate of drug-likeness (QED) is 0.689. The number of thiophene rings is 1. The molecule has 2 N–H and O–H groups in total. The predicted molar refractivity (Wildman–Crippen MR) is 83.4 cm³/mol. The Bertz CT molecular complexity index is 519. The highest BCUT2D eigenvalue weighted by molar-refractivity contribution is 7.89. The van der Waals surface area contributed by atoms with Crippen molar-refractivity contribution in [3.8, 4) is 0 Å². The molecule has 1 aromatic rings. The highest BCUT2D eigenvalue weighted by atomic mass is 32.2. The maximum absolute atomic E-state index is 12.1. The van der Waals surface area contributed by atoms with Crippen molar-refractivity contribution >= 4 is 21.4 Å². The van der Waals surface area contributed by atoms with Gasteiger partial charge in [0.05, 0.1) is 4.90 Å². The Morgan fingerprint density at radius 3 is 2.80 bits per heavy atom. The van der Waals surface area contributed by atoms with Crippen LogP contribution in [0, 0.1) is 5.92 Å². The second-order valence-corrected chi connectivity index (χ2v) is 8.53. The van der Waals surface area contributed by atoms with Crippen molar-refractivity contribution in [2.24, 2.45) is 5.92 Å². The summed E-state index contributed by atoms with van der Waals surface area (Å²) in [5.74, 6) is 0.856. The molecule has 0 unspecified atom stereocenters. The van der Waals surface area contributed by atoms with Crippen LogP contribution in [0.15, 0.2) is 16.3 Å². The van der Waals surface area contributed by atoms with Crippen LogP contribution in [0.5, 0.6) is 0 Å². The molecule has 6 heteroatoms. The molecule has 4 nitrogen and oxygen atoms in total. The molecule has 0 bridgehead atoms. The molecule has 0 amide bonds. The Hall–Kier alpha value is -0.430. The predicted octanol–water partition coefficient (Wildman–Crippen LogP) is 2.71. The van der Waals surface area contributed by atoms with E-state index in [9.17, 15) is 8.42 Å². The highest BCUT2D eigenvalue weighted by Gasteiger charge is 2.21. The second kappa shape index (κ2) is 7.02. The van der Waals surface area contributed by atoms with E-state index in [1.807, 2.05) is 0 Å². The molecular weight excluding hydrogens is 292 g/mol. The molecule has 114 valence electrons. The average molecular weight is 316 g/mol.